The summed E-state index contributed by atoms with van der Waals surface area (Å²) >= 11 is 0. The van der Waals surface area contributed by atoms with Gasteiger partial charge in [-0.15, -0.1) is 0 Å². The molecule has 0 radical (unpaired) electrons. The fraction of sp³-hybridized carbons (Fsp3) is 0.404. The number of carboxylic acids is 1. The highest BCUT2D eigenvalue weighted by Crippen LogP contribution is 2.26. The molecule has 2 aliphatic heterocycles. The van der Waals surface area contributed by atoms with E-state index < -0.39 is 5.97 Å². The molecule has 4 atom stereocenters. The lowest BCUT2D eigenvalue weighted by atomic mass is 9.97. The third kappa shape index (κ3) is 14.9. The fourth-order valence-corrected chi connectivity index (χ4v) is 6.92. The third-order valence-corrected chi connectivity index (χ3v) is 10.5. The van der Waals surface area contributed by atoms with Gasteiger partial charge in [0.1, 0.15) is 0 Å². The van der Waals surface area contributed by atoms with Crippen molar-refractivity contribution >= 4 is 35.1 Å². The number of hydrogen-bond donors (Lipinski definition) is 5. The number of hydrogen-bond acceptors (Lipinski definition) is 7. The quantitative estimate of drug-likeness (QED) is 0.0917. The number of aliphatic carboxylic acids is 1. The van der Waals surface area contributed by atoms with Gasteiger partial charge in [0.2, 0.25) is 17.7 Å². The number of carboxylic acid groups (broad SMARTS) is 1. The molecule has 0 saturated heterocycles. The van der Waals surface area contributed by atoms with E-state index in [2.05, 4.69) is 69.1 Å². The van der Waals surface area contributed by atoms with Gasteiger partial charge >= 0.3 is 5.97 Å². The van der Waals surface area contributed by atoms with Crippen molar-refractivity contribution < 1.29 is 24.3 Å². The molecule has 2 heterocycles. The number of carbonyl (C=O) groups is 4. The van der Waals surface area contributed by atoms with E-state index in [0.29, 0.717) is 38.4 Å². The van der Waals surface area contributed by atoms with E-state index in [1.807, 2.05) is 95.8 Å². The van der Waals surface area contributed by atoms with Crippen molar-refractivity contribution in [2.75, 3.05) is 51.9 Å². The maximum atomic E-state index is 12.4. The van der Waals surface area contributed by atoms with Crippen LogP contribution in [0.4, 0.5) is 11.4 Å². The number of likely N-dealkylation sites (N-methyl/N-ethyl adjacent to an activating group) is 2. The molecular weight excluding hydrogens is 729 g/mol. The average Bonchev–Trinajstić information content (AvgIpc) is 3.75. The molecule has 2 aliphatic rings. The molecule has 0 spiro atoms. The van der Waals surface area contributed by atoms with Crippen LogP contribution in [0.1, 0.15) is 79.3 Å². The molecule has 6 N–H and O–H groups in total. The minimum Gasteiger partial charge on any atom is -0.481 e. The van der Waals surface area contributed by atoms with Crippen LogP contribution in [-0.2, 0) is 44.9 Å². The molecule has 11 nitrogen and oxygen atoms in total. The topological polar surface area (TPSA) is 157 Å². The third-order valence-electron chi connectivity index (χ3n) is 10.5. The molecule has 6 rings (SSSR count). The highest BCUT2D eigenvalue weighted by atomic mass is 16.4. The van der Waals surface area contributed by atoms with E-state index in [1.54, 1.807) is 0 Å². The molecule has 0 saturated carbocycles. The summed E-state index contributed by atoms with van der Waals surface area (Å²) < 4.78 is 0. The fourth-order valence-electron chi connectivity index (χ4n) is 6.92. The van der Waals surface area contributed by atoms with Crippen LogP contribution in [0.25, 0.3) is 0 Å². The monoisotopic (exact) mass is 792 g/mol. The second-order valence-corrected chi connectivity index (χ2v) is 15.5. The van der Waals surface area contributed by atoms with E-state index in [0.717, 1.165) is 40.9 Å². The Bertz CT molecular complexity index is 1930. The molecule has 4 aromatic carbocycles. The number of carbonyl (C=O) groups excluding carboxylic acids is 3. The van der Waals surface area contributed by atoms with Crippen molar-refractivity contribution in [1.82, 2.24) is 15.1 Å². The average molecular weight is 793 g/mol. The maximum Gasteiger partial charge on any atom is 0.303 e. The van der Waals surface area contributed by atoms with Gasteiger partial charge in [-0.3, -0.25) is 19.2 Å². The summed E-state index contributed by atoms with van der Waals surface area (Å²) in [6.45, 7) is 5.24. The van der Waals surface area contributed by atoms with Crippen LogP contribution in [0, 0.1) is 0 Å². The Morgan fingerprint density at radius 3 is 1.53 bits per heavy atom. The lowest BCUT2D eigenvalue weighted by Crippen LogP contribution is -2.41. The van der Waals surface area contributed by atoms with Crippen LogP contribution in [-0.4, -0.2) is 92.0 Å². The number of nitrogens with two attached hydrogens (primary N) is 1. The molecule has 0 fully saturated rings. The summed E-state index contributed by atoms with van der Waals surface area (Å²) in [5.74, 6) is -0.237. The minimum atomic E-state index is -0.744. The van der Waals surface area contributed by atoms with E-state index in [1.165, 1.54) is 16.7 Å². The molecule has 0 unspecified atom stereocenters. The van der Waals surface area contributed by atoms with Crippen LogP contribution in [0.3, 0.4) is 0 Å². The lowest BCUT2D eigenvalue weighted by molar-refractivity contribution is -0.137. The Morgan fingerprint density at radius 2 is 1.12 bits per heavy atom. The Morgan fingerprint density at radius 1 is 0.690 bits per heavy atom. The molecule has 312 valence electrons. The smallest absolute Gasteiger partial charge is 0.303 e. The van der Waals surface area contributed by atoms with Gasteiger partial charge in [0.05, 0.1) is 19.3 Å². The number of amides is 3. The van der Waals surface area contributed by atoms with Crippen LogP contribution in [0.5, 0.6) is 0 Å². The Hall–Kier alpha value is -5.36. The van der Waals surface area contributed by atoms with Crippen LogP contribution < -0.4 is 21.7 Å². The summed E-state index contributed by atoms with van der Waals surface area (Å²) in [5, 5.41) is 17.3. The zero-order chi connectivity index (χ0) is 41.5. The second-order valence-electron chi connectivity index (χ2n) is 15.5. The van der Waals surface area contributed by atoms with Crippen molar-refractivity contribution in [1.29, 1.82) is 0 Å². The lowest BCUT2D eigenvalue weighted by Gasteiger charge is -2.25. The normalized spacial score (nSPS) is 14.5. The molecule has 0 aromatic heterocycles. The zero-order valence-electron chi connectivity index (χ0n) is 34.3. The van der Waals surface area contributed by atoms with Crippen molar-refractivity contribution in [3.63, 3.8) is 0 Å². The summed E-state index contributed by atoms with van der Waals surface area (Å²) in [7, 11) is 8.13. The number of fused-ring (bicyclic) bond motifs is 2. The van der Waals surface area contributed by atoms with Crippen molar-refractivity contribution in [3.05, 3.63) is 130 Å². The van der Waals surface area contributed by atoms with Gasteiger partial charge in [0.15, 0.2) is 0 Å². The molecule has 0 bridgehead atoms. The first-order valence-corrected chi connectivity index (χ1v) is 19.7. The van der Waals surface area contributed by atoms with Gasteiger partial charge in [-0.25, -0.2) is 0 Å². The SMILES string of the molecule is C.CN(C)[C@H](CN)Cc1ccc2c(c1)CC(=O)N2.C[C@@H](CC(=O)NC[C@H](Cc1ccc2c(c1)CC(=O)N2)N(C)C)c1ccccc1.C[C@@H](CC(=O)O)c1ccccc1. The van der Waals surface area contributed by atoms with E-state index >= 15 is 0 Å². The Kier molecular flexibility index (Phi) is 18.8. The number of nitrogens with one attached hydrogen (secondary N) is 3. The Labute approximate surface area is 345 Å². The van der Waals surface area contributed by atoms with Gasteiger partial charge in [-0.1, -0.05) is 106 Å². The van der Waals surface area contributed by atoms with Crippen LogP contribution in [0.15, 0.2) is 97.1 Å². The second kappa shape index (κ2) is 23.1. The first kappa shape index (κ1) is 47.0. The highest BCUT2D eigenvalue weighted by Gasteiger charge is 2.21. The minimum absolute atomic E-state index is 0. The van der Waals surface area contributed by atoms with Crippen LogP contribution in [0.2, 0.25) is 0 Å². The molecule has 0 aliphatic carbocycles. The maximum absolute atomic E-state index is 12.4. The first-order chi connectivity index (χ1) is 27.2. The van der Waals surface area contributed by atoms with Gasteiger partial charge < -0.3 is 36.6 Å². The van der Waals surface area contributed by atoms with E-state index in [9.17, 15) is 19.2 Å². The van der Waals surface area contributed by atoms with Crippen molar-refractivity contribution in [3.8, 4) is 0 Å². The molecule has 58 heavy (non-hydrogen) atoms. The number of benzene rings is 4. The van der Waals surface area contributed by atoms with Gasteiger partial charge in [-0.05, 0) is 98.4 Å². The number of anilines is 2. The van der Waals surface area contributed by atoms with Crippen molar-refractivity contribution in [2.45, 2.75) is 83.7 Å². The standard InChI is InChI=1S/C23H29N3O2.C13H19N3O.C10H12O2.CH4/c1-16(18-7-5-4-6-8-18)11-22(27)24-15-20(26(2)3)13-17-9-10-21-19(12-17)14-23(28)25-21;1-16(2)11(8-14)6-9-3-4-12-10(5-9)7-13(17)15-12;1-8(7-10(11)12)9-5-3-2-4-6-9;/h4-10,12,16,20H,11,13-15H2,1-3H3,(H,24,27)(H,25,28);3-5,11H,6-8,14H2,1-2H3,(H,15,17);2-6,8H,7H2,1H3,(H,11,12);1H4/t16-,20-;11-;8-;/m000./s1. The number of rotatable bonds is 15. The largest absolute Gasteiger partial charge is 0.481 e. The summed E-state index contributed by atoms with van der Waals surface area (Å²) in [5.41, 5.74) is 14.5. The van der Waals surface area contributed by atoms with E-state index in [-0.39, 0.29) is 49.4 Å². The predicted octanol–water partition coefficient (Wildman–Crippen LogP) is 6.48. The first-order valence-electron chi connectivity index (χ1n) is 19.7. The highest BCUT2D eigenvalue weighted by molar-refractivity contribution is 5.99. The Balaban J connectivity index is 0.000000255. The van der Waals surface area contributed by atoms with Crippen molar-refractivity contribution in [2.24, 2.45) is 5.73 Å². The molecular formula is C47H64N6O5. The molecule has 3 amide bonds. The van der Waals surface area contributed by atoms with Crippen LogP contribution >= 0.6 is 0 Å². The van der Waals surface area contributed by atoms with Gasteiger partial charge in [-0.2, -0.15) is 0 Å². The summed E-state index contributed by atoms with van der Waals surface area (Å²) in [6, 6.07) is 32.6. The number of nitrogens with zero attached hydrogens (tertiary/aromatic N) is 2. The summed E-state index contributed by atoms with van der Waals surface area (Å²) in [6.07, 6.45) is 3.37. The van der Waals surface area contributed by atoms with Gasteiger partial charge in [0.25, 0.3) is 0 Å². The van der Waals surface area contributed by atoms with Gasteiger partial charge in [0, 0.05) is 43.0 Å². The molecule has 11 heteroatoms. The van der Waals surface area contributed by atoms with E-state index in [4.69, 9.17) is 10.8 Å². The summed E-state index contributed by atoms with van der Waals surface area (Å²) in [4.78, 5) is 49.9. The molecule has 4 aromatic rings. The predicted molar refractivity (Wildman–Crippen MR) is 235 cm³/mol. The zero-order valence-corrected chi connectivity index (χ0v) is 34.3.